The van der Waals surface area contributed by atoms with Gasteiger partial charge in [-0.15, -0.1) is 0 Å². The van der Waals surface area contributed by atoms with Gasteiger partial charge in [0.05, 0.1) is 27.8 Å². The van der Waals surface area contributed by atoms with Crippen molar-refractivity contribution in [1.29, 1.82) is 0 Å². The van der Waals surface area contributed by atoms with Crippen LogP contribution >= 0.6 is 0 Å². The van der Waals surface area contributed by atoms with Crippen LogP contribution in [0.5, 0.6) is 0 Å². The molecule has 0 fully saturated rings. The predicted octanol–water partition coefficient (Wildman–Crippen LogP) is 29.8. The third-order valence-electron chi connectivity index (χ3n) is 25.1. The first-order valence-corrected chi connectivity index (χ1v) is 44.4. The number of hydrogen-bond acceptors (Lipinski definition) is 8. The van der Waals surface area contributed by atoms with Gasteiger partial charge >= 0.3 is 0 Å². The number of nitrogens with zero attached hydrogens (tertiary/aromatic N) is 8. The van der Waals surface area contributed by atoms with E-state index in [4.69, 9.17) is 50.6 Å². The summed E-state index contributed by atoms with van der Waals surface area (Å²) in [6.07, 6.45) is 8.12. The monoisotopic (exact) mass is 1770 g/mol. The van der Waals surface area contributed by atoms with Crippen molar-refractivity contribution in [3.05, 3.63) is 335 Å². The van der Waals surface area contributed by atoms with Crippen LogP contribution in [-0.4, -0.2) is 19.9 Å². The second kappa shape index (κ2) is 35.1. The number of fused-ring (bicyclic) bond motifs is 12. The van der Waals surface area contributed by atoms with Crippen molar-refractivity contribution in [2.75, 3.05) is 0 Å². The molecule has 0 saturated heterocycles. The Morgan fingerprint density at radius 2 is 0.583 bits per heavy atom. The van der Waals surface area contributed by atoms with Crippen LogP contribution in [0.15, 0.2) is 285 Å². The lowest BCUT2D eigenvalue weighted by Gasteiger charge is -2.16. The molecule has 0 spiro atoms. The lowest BCUT2D eigenvalue weighted by molar-refractivity contribution is -0.660. The van der Waals surface area contributed by atoms with E-state index < -0.39 is 76.5 Å². The fourth-order valence-electron chi connectivity index (χ4n) is 17.4. The Kier molecular flexibility index (Phi) is 17.3. The van der Waals surface area contributed by atoms with Gasteiger partial charge in [-0.25, -0.2) is 38.2 Å². The molecule has 12 heteroatoms. The molecule has 0 saturated carbocycles. The van der Waals surface area contributed by atoms with Gasteiger partial charge in [0, 0.05) is 162 Å². The van der Waals surface area contributed by atoms with Gasteiger partial charge in [0.2, 0.25) is 45.6 Å². The quantitative estimate of drug-likeness (QED) is 0.124. The summed E-state index contributed by atoms with van der Waals surface area (Å²) >= 11 is 0. The molecule has 0 N–H and O–H groups in total. The summed E-state index contributed by atoms with van der Waals surface area (Å²) in [4.78, 5) is 18.0. The fourth-order valence-corrected chi connectivity index (χ4v) is 17.4. The minimum absolute atomic E-state index is 0.0456. The van der Waals surface area contributed by atoms with Crippen LogP contribution in [0.2, 0.25) is 0 Å². The molecule has 0 amide bonds. The summed E-state index contributed by atoms with van der Waals surface area (Å²) < 4.78 is 226. The molecule has 0 aliphatic rings. The molecule has 20 rings (SSSR count). The summed E-state index contributed by atoms with van der Waals surface area (Å²) in [6, 6.07) is 79.4. The number of pyridine rings is 8. The van der Waals surface area contributed by atoms with E-state index in [0.717, 1.165) is 133 Å². The molecule has 0 radical (unpaired) electrons. The van der Waals surface area contributed by atoms with Crippen molar-refractivity contribution >= 4 is 88.3 Å². The van der Waals surface area contributed by atoms with Crippen LogP contribution < -0.4 is 18.3 Å². The van der Waals surface area contributed by atoms with Crippen molar-refractivity contribution in [1.82, 2.24) is 19.9 Å². The molecule has 0 aliphatic carbocycles. The summed E-state index contributed by atoms with van der Waals surface area (Å²) in [6.45, 7) is 3.41. The largest absolute Gasteiger partial charge is 0.437 e. The maximum atomic E-state index is 8.02. The summed E-state index contributed by atoms with van der Waals surface area (Å²) in [5.74, 6) is 0.930. The summed E-state index contributed by atoms with van der Waals surface area (Å²) in [5, 5.41) is 6.08. The first-order chi connectivity index (χ1) is 72.7. The maximum absolute atomic E-state index is 8.02. The highest BCUT2D eigenvalue weighted by Gasteiger charge is 2.31. The van der Waals surface area contributed by atoms with E-state index in [-0.39, 0.29) is 45.6 Å². The van der Waals surface area contributed by atoms with Crippen molar-refractivity contribution in [3.63, 3.8) is 0 Å². The van der Waals surface area contributed by atoms with Crippen LogP contribution in [0.1, 0.15) is 222 Å². The lowest BCUT2D eigenvalue weighted by atomic mass is 9.91. The smallest absolute Gasteiger partial charge is 0.227 e. The van der Waals surface area contributed by atoms with E-state index in [1.807, 2.05) is 138 Å². The number of hydrogen-bond donors (Lipinski definition) is 0. The van der Waals surface area contributed by atoms with Crippen LogP contribution in [0.4, 0.5) is 0 Å². The molecule has 0 atom stereocenters. The zero-order chi connectivity index (χ0) is 114. The van der Waals surface area contributed by atoms with Gasteiger partial charge in [0.1, 0.15) is 28.2 Å². The van der Waals surface area contributed by atoms with E-state index in [2.05, 4.69) is 216 Å². The number of furan rings is 4. The summed E-state index contributed by atoms with van der Waals surface area (Å²) in [5.41, 5.74) is 19.6. The number of benzene rings is 8. The molecular formula is C120H124N8O4+4. The number of aromatic nitrogens is 8. The van der Waals surface area contributed by atoms with E-state index >= 15 is 0 Å². The van der Waals surface area contributed by atoms with Crippen molar-refractivity contribution < 1.29 is 68.8 Å². The minimum atomic E-state index is -2.80. The Bertz CT molecular complexity index is 8810. The second-order valence-corrected chi connectivity index (χ2v) is 36.5. The van der Waals surface area contributed by atoms with Gasteiger partial charge in [-0.3, -0.25) is 0 Å². The van der Waals surface area contributed by atoms with Crippen molar-refractivity contribution in [2.45, 2.75) is 185 Å². The van der Waals surface area contributed by atoms with Gasteiger partial charge in [-0.1, -0.05) is 267 Å². The predicted molar refractivity (Wildman–Crippen MR) is 546 cm³/mol. The molecule has 132 heavy (non-hydrogen) atoms. The third-order valence-corrected chi connectivity index (χ3v) is 25.1. The molecule has 0 bridgehead atoms. The molecule has 0 aliphatic heterocycles. The Balaban J connectivity index is 0.000000141. The molecule has 12 aromatic heterocycles. The third kappa shape index (κ3) is 17.7. The SMILES string of the molecule is [2H]C([2H])([2H])C(C)(c1ccc2c(n1)oc1c(-c3c(-c4ccc(C)cc4)ccc[n+]3C)c(C)ccc12)C([2H])([2H])[2H].[2H]C([2H])([2H])C(C)(c1ccc2c(n1)oc1c(-c3cc(-c4ccc(C(C)C)cc4)cc[n+]3C)c(C)ccc12)C([2H])([2H])[2H].[2H]C([2H])([2H])C(C)(c1ccc2c(n1)oc1c(-c3cc(-c4ccc(C)cc4)cc[n+]3C)c(C)ccc12)C([2H])([2H])[2H].[2H]C([2H])([2H])C(C)(c1ccc2c(n1)oc1c(-c3ccc(-c4ccc(C(C)C)cc4)c[n+]3C)c(C)ccc12)C([2H])([2H])[2H]. The van der Waals surface area contributed by atoms with Gasteiger partial charge in [0.15, 0.2) is 47.1 Å². The number of aryl methyl sites for hydroxylation is 10. The standard InChI is InChI=1S/2C31H33N2O.2C29H29N2O/c1-19(2)21-9-11-22(12-10-21)23-13-16-26(33(7)18-23)28-20(3)8-14-24-25-15-17-27(31(4,5)6)32-30(25)34-29(24)28;1-19(2)21-9-11-22(12-10-21)23-16-17-33(7)26(18-23)28-20(3)8-13-24-25-14-15-27(31(4,5)6)32-30(25)34-29(24)28;1-18-7-10-20(11-8-18)21-15-16-31(6)24(17-21)26-19(2)9-12-22-23-13-14-25(29(3,4)5)30-28(23)32-27(22)26;1-18-9-12-20(13-10-18)21-8-7-17-31(6)26(21)25-19(2)11-14-22-23-15-16-24(29(3,4)5)30-28(23)32-27(22)25/h2*8-19H,1-7H3;2*7-17H,1-6H3/q4*+1/i2*4D3,5D3;2*3D3,4D3. The molecule has 8 aromatic carbocycles. The normalized spacial score (nSPS) is 15.6. The van der Waals surface area contributed by atoms with Gasteiger partial charge in [-0.2, -0.15) is 0 Å². The number of rotatable bonds is 10. The van der Waals surface area contributed by atoms with E-state index in [9.17, 15) is 0 Å². The van der Waals surface area contributed by atoms with Crippen LogP contribution in [-0.2, 0) is 49.9 Å². The van der Waals surface area contributed by atoms with Crippen LogP contribution in [0.3, 0.4) is 0 Å². The minimum Gasteiger partial charge on any atom is -0.437 e. The molecule has 0 unspecified atom stereocenters. The molecule has 664 valence electrons. The second-order valence-electron chi connectivity index (χ2n) is 36.5. The maximum Gasteiger partial charge on any atom is 0.227 e. The summed E-state index contributed by atoms with van der Waals surface area (Å²) in [7, 11) is 7.94. The molecular weight excluding hydrogens is 1620 g/mol. The first-order valence-electron chi connectivity index (χ1n) is 56.4. The average Bonchev–Trinajstić information content (AvgIpc) is 1.54. The van der Waals surface area contributed by atoms with E-state index in [1.54, 1.807) is 24.3 Å². The zero-order valence-corrected chi connectivity index (χ0v) is 77.8. The van der Waals surface area contributed by atoms with Crippen molar-refractivity contribution in [2.24, 2.45) is 28.2 Å². The molecule has 20 aromatic rings. The van der Waals surface area contributed by atoms with Crippen LogP contribution in [0.25, 0.3) is 178 Å². The van der Waals surface area contributed by atoms with Gasteiger partial charge < -0.3 is 17.7 Å². The molecule has 12 nitrogen and oxygen atoms in total. The van der Waals surface area contributed by atoms with Gasteiger partial charge in [-0.05, 0) is 181 Å². The van der Waals surface area contributed by atoms with Crippen LogP contribution in [0, 0.1) is 41.5 Å². The highest BCUT2D eigenvalue weighted by Crippen LogP contribution is 2.45. The van der Waals surface area contributed by atoms with E-state index in [0.29, 0.717) is 55.7 Å². The Morgan fingerprint density at radius 1 is 0.280 bits per heavy atom. The highest BCUT2D eigenvalue weighted by atomic mass is 16.4. The zero-order valence-electron chi connectivity index (χ0n) is 102. The first kappa shape index (κ1) is 64.8. The molecule has 12 heterocycles. The topological polar surface area (TPSA) is 120 Å². The Morgan fingerprint density at radius 3 is 0.924 bits per heavy atom. The fraction of sp³-hybridized carbons (Fsp3) is 0.267. The van der Waals surface area contributed by atoms with Crippen molar-refractivity contribution in [3.8, 4) is 89.5 Å². The Hall–Kier alpha value is -13.8. The van der Waals surface area contributed by atoms with Gasteiger partial charge in [0.25, 0.3) is 0 Å². The highest BCUT2D eigenvalue weighted by molar-refractivity contribution is 6.13. The Labute approximate surface area is 811 Å². The average molecular weight is 1770 g/mol. The van der Waals surface area contributed by atoms with E-state index in [1.165, 1.54) is 74.2 Å². The lowest BCUT2D eigenvalue weighted by Crippen LogP contribution is -2.31.